The third-order valence-electron chi connectivity index (χ3n) is 2.79. The first-order valence-corrected chi connectivity index (χ1v) is 7.33. The van der Waals surface area contributed by atoms with Crippen molar-refractivity contribution >= 4 is 10.0 Å². The van der Waals surface area contributed by atoms with Gasteiger partial charge < -0.3 is 10.2 Å². The first-order valence-electron chi connectivity index (χ1n) is 5.84. The van der Waals surface area contributed by atoms with Crippen LogP contribution in [0.5, 0.6) is 0 Å². The fourth-order valence-electron chi connectivity index (χ4n) is 1.72. The van der Waals surface area contributed by atoms with Crippen molar-refractivity contribution in [3.05, 3.63) is 53.5 Å². The zero-order chi connectivity index (χ0) is 13.9. The molecule has 5 nitrogen and oxygen atoms in total. The molecule has 102 valence electrons. The molecule has 0 bridgehead atoms. The maximum atomic E-state index is 12.2. The van der Waals surface area contributed by atoms with E-state index in [2.05, 4.69) is 4.72 Å². The molecule has 0 amide bonds. The predicted molar refractivity (Wildman–Crippen MR) is 71.8 cm³/mol. The molecule has 19 heavy (non-hydrogen) atoms. The standard InChI is InChI=1S/C13H16N2O3S/c1-10-4-5-11(8-14)7-13(10)19(16,17)15-9-12-3-2-6-18-12/h2-7,15H,8-9,14H2,1H3. The number of sulfonamides is 1. The Bertz CT molecular complexity index is 649. The highest BCUT2D eigenvalue weighted by molar-refractivity contribution is 7.89. The fraction of sp³-hybridized carbons (Fsp3) is 0.231. The van der Waals surface area contributed by atoms with Crippen LogP contribution in [0.4, 0.5) is 0 Å². The van der Waals surface area contributed by atoms with Gasteiger partial charge in [-0.05, 0) is 36.2 Å². The Morgan fingerprint density at radius 3 is 2.74 bits per heavy atom. The second kappa shape index (κ2) is 5.56. The SMILES string of the molecule is Cc1ccc(CN)cc1S(=O)(=O)NCc1ccco1. The first-order chi connectivity index (χ1) is 9.03. The molecule has 0 atom stereocenters. The van der Waals surface area contributed by atoms with Crippen molar-refractivity contribution in [3.63, 3.8) is 0 Å². The molecule has 0 saturated carbocycles. The Morgan fingerprint density at radius 2 is 2.11 bits per heavy atom. The summed E-state index contributed by atoms with van der Waals surface area (Å²) in [5.41, 5.74) is 7.00. The van der Waals surface area contributed by atoms with E-state index in [0.29, 0.717) is 17.9 Å². The smallest absolute Gasteiger partial charge is 0.241 e. The van der Waals surface area contributed by atoms with Crippen LogP contribution in [-0.2, 0) is 23.1 Å². The Kier molecular flexibility index (Phi) is 4.04. The number of aryl methyl sites for hydroxylation is 1. The van der Waals surface area contributed by atoms with Gasteiger partial charge in [-0.1, -0.05) is 12.1 Å². The molecule has 2 aromatic rings. The van der Waals surface area contributed by atoms with Crippen LogP contribution in [-0.4, -0.2) is 8.42 Å². The van der Waals surface area contributed by atoms with E-state index in [1.54, 1.807) is 31.2 Å². The summed E-state index contributed by atoms with van der Waals surface area (Å²) in [6, 6.07) is 8.60. The van der Waals surface area contributed by atoms with E-state index in [4.69, 9.17) is 10.2 Å². The van der Waals surface area contributed by atoms with Crippen LogP contribution in [0.15, 0.2) is 45.9 Å². The molecule has 0 aliphatic rings. The van der Waals surface area contributed by atoms with E-state index in [1.165, 1.54) is 6.26 Å². The molecular formula is C13H16N2O3S. The van der Waals surface area contributed by atoms with Crippen LogP contribution in [0.1, 0.15) is 16.9 Å². The van der Waals surface area contributed by atoms with Crippen molar-refractivity contribution in [2.24, 2.45) is 5.73 Å². The van der Waals surface area contributed by atoms with Crippen LogP contribution in [0, 0.1) is 6.92 Å². The average molecular weight is 280 g/mol. The lowest BCUT2D eigenvalue weighted by Gasteiger charge is -2.10. The Balaban J connectivity index is 2.23. The average Bonchev–Trinajstić information content (AvgIpc) is 2.90. The molecule has 0 radical (unpaired) electrons. The second-order valence-electron chi connectivity index (χ2n) is 4.21. The van der Waals surface area contributed by atoms with E-state index < -0.39 is 10.0 Å². The lowest BCUT2D eigenvalue weighted by molar-refractivity contribution is 0.498. The highest BCUT2D eigenvalue weighted by Gasteiger charge is 2.17. The van der Waals surface area contributed by atoms with E-state index in [1.807, 2.05) is 6.07 Å². The van der Waals surface area contributed by atoms with Gasteiger partial charge in [-0.2, -0.15) is 0 Å². The molecule has 1 aromatic heterocycles. The Hall–Kier alpha value is -1.63. The molecule has 0 saturated heterocycles. The molecule has 3 N–H and O–H groups in total. The molecule has 2 rings (SSSR count). The third-order valence-corrected chi connectivity index (χ3v) is 4.34. The largest absolute Gasteiger partial charge is 0.468 e. The van der Waals surface area contributed by atoms with Gasteiger partial charge in [-0.15, -0.1) is 0 Å². The van der Waals surface area contributed by atoms with Crippen LogP contribution in [0.2, 0.25) is 0 Å². The number of furan rings is 1. The molecule has 1 aromatic carbocycles. The molecular weight excluding hydrogens is 264 g/mol. The van der Waals surface area contributed by atoms with E-state index in [-0.39, 0.29) is 11.4 Å². The first kappa shape index (κ1) is 13.8. The lowest BCUT2D eigenvalue weighted by atomic mass is 10.1. The van der Waals surface area contributed by atoms with Crippen LogP contribution >= 0.6 is 0 Å². The van der Waals surface area contributed by atoms with Gasteiger partial charge in [0, 0.05) is 6.54 Å². The highest BCUT2D eigenvalue weighted by atomic mass is 32.2. The molecule has 0 fully saturated rings. The van der Waals surface area contributed by atoms with E-state index in [0.717, 1.165) is 5.56 Å². The molecule has 6 heteroatoms. The van der Waals surface area contributed by atoms with Gasteiger partial charge in [0.2, 0.25) is 10.0 Å². The highest BCUT2D eigenvalue weighted by Crippen LogP contribution is 2.17. The summed E-state index contributed by atoms with van der Waals surface area (Å²) in [5.74, 6) is 0.566. The summed E-state index contributed by atoms with van der Waals surface area (Å²) in [5, 5.41) is 0. The summed E-state index contributed by atoms with van der Waals surface area (Å²) < 4.78 is 32.0. The van der Waals surface area contributed by atoms with Crippen LogP contribution in [0.25, 0.3) is 0 Å². The molecule has 0 unspecified atom stereocenters. The third kappa shape index (κ3) is 3.23. The van der Waals surface area contributed by atoms with Crippen molar-refractivity contribution in [2.75, 3.05) is 0 Å². The van der Waals surface area contributed by atoms with Crippen molar-refractivity contribution in [2.45, 2.75) is 24.9 Å². The van der Waals surface area contributed by atoms with E-state index in [9.17, 15) is 8.42 Å². The summed E-state index contributed by atoms with van der Waals surface area (Å²) in [6.45, 7) is 2.18. The number of nitrogens with two attached hydrogens (primary N) is 1. The Labute approximate surface area is 112 Å². The number of hydrogen-bond acceptors (Lipinski definition) is 4. The number of rotatable bonds is 5. The zero-order valence-corrected chi connectivity index (χ0v) is 11.4. The van der Waals surface area contributed by atoms with Crippen LogP contribution < -0.4 is 10.5 Å². The number of nitrogens with one attached hydrogen (secondary N) is 1. The van der Waals surface area contributed by atoms with Crippen molar-refractivity contribution < 1.29 is 12.8 Å². The second-order valence-corrected chi connectivity index (χ2v) is 5.94. The summed E-state index contributed by atoms with van der Waals surface area (Å²) in [7, 11) is -3.57. The topological polar surface area (TPSA) is 85.3 Å². The quantitative estimate of drug-likeness (QED) is 0.869. The van der Waals surface area contributed by atoms with Gasteiger partial charge in [0.25, 0.3) is 0 Å². The Morgan fingerprint density at radius 1 is 1.32 bits per heavy atom. The molecule has 0 spiro atoms. The fourth-order valence-corrected chi connectivity index (χ4v) is 3.00. The molecule has 0 aliphatic carbocycles. The number of benzene rings is 1. The van der Waals surface area contributed by atoms with E-state index >= 15 is 0 Å². The minimum absolute atomic E-state index is 0.127. The van der Waals surface area contributed by atoms with Gasteiger partial charge >= 0.3 is 0 Å². The van der Waals surface area contributed by atoms with Gasteiger partial charge in [0.15, 0.2) is 0 Å². The van der Waals surface area contributed by atoms with Crippen molar-refractivity contribution in [1.29, 1.82) is 0 Å². The summed E-state index contributed by atoms with van der Waals surface area (Å²) in [6.07, 6.45) is 1.50. The lowest BCUT2D eigenvalue weighted by Crippen LogP contribution is -2.24. The summed E-state index contributed by atoms with van der Waals surface area (Å²) >= 11 is 0. The molecule has 1 heterocycles. The van der Waals surface area contributed by atoms with Gasteiger partial charge in [0.05, 0.1) is 17.7 Å². The number of hydrogen-bond donors (Lipinski definition) is 2. The maximum Gasteiger partial charge on any atom is 0.241 e. The zero-order valence-electron chi connectivity index (χ0n) is 10.6. The minimum atomic E-state index is -3.57. The van der Waals surface area contributed by atoms with Crippen molar-refractivity contribution in [1.82, 2.24) is 4.72 Å². The normalized spacial score (nSPS) is 11.7. The molecule has 0 aliphatic heterocycles. The monoisotopic (exact) mass is 280 g/mol. The van der Waals surface area contributed by atoms with Gasteiger partial charge in [-0.25, -0.2) is 13.1 Å². The summed E-state index contributed by atoms with van der Waals surface area (Å²) in [4.78, 5) is 0.252. The maximum absolute atomic E-state index is 12.2. The van der Waals surface area contributed by atoms with Gasteiger partial charge in [-0.3, -0.25) is 0 Å². The van der Waals surface area contributed by atoms with Crippen LogP contribution in [0.3, 0.4) is 0 Å². The minimum Gasteiger partial charge on any atom is -0.468 e. The predicted octanol–water partition coefficient (Wildman–Crippen LogP) is 1.53. The van der Waals surface area contributed by atoms with Crippen molar-refractivity contribution in [3.8, 4) is 0 Å². The van der Waals surface area contributed by atoms with Gasteiger partial charge in [0.1, 0.15) is 5.76 Å².